The molecule has 1 amide bonds. The van der Waals surface area contributed by atoms with Gasteiger partial charge in [0.15, 0.2) is 0 Å². The van der Waals surface area contributed by atoms with Crippen molar-refractivity contribution in [2.45, 2.75) is 13.8 Å². The van der Waals surface area contributed by atoms with Crippen LogP contribution in [-0.4, -0.2) is 32.7 Å². The summed E-state index contributed by atoms with van der Waals surface area (Å²) in [6.07, 6.45) is 1.08. The van der Waals surface area contributed by atoms with Gasteiger partial charge in [0.25, 0.3) is 5.91 Å². The summed E-state index contributed by atoms with van der Waals surface area (Å²) < 4.78 is 30.7. The lowest BCUT2D eigenvalue weighted by Crippen LogP contribution is -2.15. The molecule has 146 valence electrons. The second kappa shape index (κ2) is 7.47. The fraction of sp³-hybridized carbons (Fsp3) is 0.200. The Labute approximate surface area is 163 Å². The van der Waals surface area contributed by atoms with Crippen molar-refractivity contribution in [3.8, 4) is 5.75 Å². The summed E-state index contributed by atoms with van der Waals surface area (Å²) in [5.41, 5.74) is 3.41. The second-order valence-electron chi connectivity index (χ2n) is 6.54. The molecule has 0 aliphatic rings. The monoisotopic (exact) mass is 399 g/mol. The van der Waals surface area contributed by atoms with Crippen molar-refractivity contribution >= 4 is 38.2 Å². The van der Waals surface area contributed by atoms with E-state index in [1.165, 1.54) is 0 Å². The Kier molecular flexibility index (Phi) is 5.24. The Hall–Kier alpha value is -3.13. The van der Waals surface area contributed by atoms with Crippen LogP contribution in [0.3, 0.4) is 0 Å². The largest absolute Gasteiger partial charge is 0.497 e. The van der Waals surface area contributed by atoms with Crippen LogP contribution in [0.5, 0.6) is 5.75 Å². The number of fused-ring (bicyclic) bond motifs is 1. The molecule has 3 rings (SSSR count). The molecule has 3 aromatic rings. The molecule has 2 aromatic carbocycles. The molecule has 7 nitrogen and oxygen atoms in total. The van der Waals surface area contributed by atoms with Gasteiger partial charge in [0.2, 0.25) is 10.0 Å². The molecule has 0 aliphatic carbocycles. The first-order valence-corrected chi connectivity index (χ1v) is 10.4. The van der Waals surface area contributed by atoms with E-state index in [2.05, 4.69) is 15.0 Å². The first-order valence-electron chi connectivity index (χ1n) is 8.51. The third kappa shape index (κ3) is 4.40. The van der Waals surface area contributed by atoms with E-state index in [9.17, 15) is 13.2 Å². The van der Waals surface area contributed by atoms with Crippen molar-refractivity contribution in [2.75, 3.05) is 23.4 Å². The fourth-order valence-corrected chi connectivity index (χ4v) is 3.43. The number of nitrogens with one attached hydrogen (secondary N) is 2. The van der Waals surface area contributed by atoms with E-state index in [1.807, 2.05) is 18.2 Å². The normalized spacial score (nSPS) is 11.3. The van der Waals surface area contributed by atoms with Gasteiger partial charge in [-0.25, -0.2) is 8.42 Å². The maximum atomic E-state index is 12.8. The highest BCUT2D eigenvalue weighted by atomic mass is 32.2. The van der Waals surface area contributed by atoms with E-state index >= 15 is 0 Å². The highest BCUT2D eigenvalue weighted by Crippen LogP contribution is 2.24. The number of methoxy groups -OCH3 is 1. The number of hydrogen-bond donors (Lipinski definition) is 2. The Morgan fingerprint density at radius 1 is 1.07 bits per heavy atom. The molecule has 8 heteroatoms. The van der Waals surface area contributed by atoms with Gasteiger partial charge in [0, 0.05) is 17.1 Å². The maximum absolute atomic E-state index is 12.8. The zero-order valence-corrected chi connectivity index (χ0v) is 16.8. The van der Waals surface area contributed by atoms with Gasteiger partial charge in [-0.05, 0) is 49.7 Å². The molecule has 0 spiro atoms. The Morgan fingerprint density at radius 2 is 1.82 bits per heavy atom. The number of pyridine rings is 1. The minimum Gasteiger partial charge on any atom is -0.497 e. The number of rotatable bonds is 5. The van der Waals surface area contributed by atoms with Crippen molar-refractivity contribution in [2.24, 2.45) is 0 Å². The predicted molar refractivity (Wildman–Crippen MR) is 111 cm³/mol. The Bertz CT molecular complexity index is 1170. The molecule has 0 bridgehead atoms. The molecule has 0 atom stereocenters. The number of amides is 1. The molecule has 0 saturated carbocycles. The Morgan fingerprint density at radius 3 is 2.50 bits per heavy atom. The second-order valence-corrected chi connectivity index (χ2v) is 8.29. The highest BCUT2D eigenvalue weighted by molar-refractivity contribution is 7.92. The molecular formula is C20H21N3O4S. The summed E-state index contributed by atoms with van der Waals surface area (Å²) >= 11 is 0. The van der Waals surface area contributed by atoms with Gasteiger partial charge in [-0.15, -0.1) is 0 Å². The fourth-order valence-electron chi connectivity index (χ4n) is 2.81. The molecule has 28 heavy (non-hydrogen) atoms. The summed E-state index contributed by atoms with van der Waals surface area (Å²) in [7, 11) is -1.83. The lowest BCUT2D eigenvalue weighted by atomic mass is 10.1. The number of anilines is 2. The summed E-state index contributed by atoms with van der Waals surface area (Å²) in [5, 5.41) is 3.62. The number of hydrogen-bond acceptors (Lipinski definition) is 5. The van der Waals surface area contributed by atoms with Gasteiger partial charge in [-0.2, -0.15) is 0 Å². The molecule has 0 radical (unpaired) electrons. The minimum absolute atomic E-state index is 0.322. The van der Waals surface area contributed by atoms with E-state index in [0.717, 1.165) is 22.7 Å². The van der Waals surface area contributed by atoms with Gasteiger partial charge in [0.05, 0.1) is 35.8 Å². The summed E-state index contributed by atoms with van der Waals surface area (Å²) in [6, 6.07) is 12.3. The first-order chi connectivity index (χ1) is 13.2. The third-order valence-corrected chi connectivity index (χ3v) is 4.84. The van der Waals surface area contributed by atoms with Crippen LogP contribution in [0.4, 0.5) is 11.4 Å². The van der Waals surface area contributed by atoms with Crippen LogP contribution in [0.25, 0.3) is 10.9 Å². The van der Waals surface area contributed by atoms with Crippen molar-refractivity contribution in [1.29, 1.82) is 0 Å². The molecule has 1 heterocycles. The van der Waals surface area contributed by atoms with Gasteiger partial charge >= 0.3 is 0 Å². The maximum Gasteiger partial charge on any atom is 0.257 e. The number of aromatic nitrogens is 1. The van der Waals surface area contributed by atoms with Crippen LogP contribution >= 0.6 is 0 Å². The van der Waals surface area contributed by atoms with Gasteiger partial charge < -0.3 is 10.1 Å². The van der Waals surface area contributed by atoms with Gasteiger partial charge in [-0.3, -0.25) is 14.5 Å². The number of carbonyl (C=O) groups is 1. The smallest absolute Gasteiger partial charge is 0.257 e. The van der Waals surface area contributed by atoms with E-state index in [4.69, 9.17) is 4.74 Å². The topological polar surface area (TPSA) is 97.4 Å². The minimum atomic E-state index is -3.42. The van der Waals surface area contributed by atoms with Crippen molar-refractivity contribution < 1.29 is 17.9 Å². The number of carbonyl (C=O) groups excluding carboxylic acids is 1. The number of ether oxygens (including phenoxy) is 1. The zero-order valence-electron chi connectivity index (χ0n) is 16.0. The summed E-state index contributed by atoms with van der Waals surface area (Å²) in [4.78, 5) is 17.3. The molecule has 1 aromatic heterocycles. The van der Waals surface area contributed by atoms with Crippen LogP contribution in [-0.2, 0) is 10.0 Å². The lowest BCUT2D eigenvalue weighted by Gasteiger charge is -2.12. The van der Waals surface area contributed by atoms with Crippen LogP contribution in [0.1, 0.15) is 21.6 Å². The molecule has 0 saturated heterocycles. The SMILES string of the molecule is COc1ccc2cc(C(=O)Nc3ccc(C)c(NS(C)(=O)=O)c3)c(C)nc2c1. The first kappa shape index (κ1) is 19.6. The van der Waals surface area contributed by atoms with E-state index < -0.39 is 10.0 Å². The van der Waals surface area contributed by atoms with E-state index in [1.54, 1.807) is 45.2 Å². The number of nitrogens with zero attached hydrogens (tertiary/aromatic N) is 1. The molecule has 0 unspecified atom stereocenters. The van der Waals surface area contributed by atoms with Crippen LogP contribution < -0.4 is 14.8 Å². The van der Waals surface area contributed by atoms with Crippen molar-refractivity contribution in [3.63, 3.8) is 0 Å². The summed E-state index contributed by atoms with van der Waals surface area (Å²) in [6.45, 7) is 3.55. The number of benzene rings is 2. The third-order valence-electron chi connectivity index (χ3n) is 4.25. The standard InChI is InChI=1S/C20H21N3O4S/c1-12-5-7-15(10-18(12)23-28(4,25)26)22-20(24)17-9-14-6-8-16(27-3)11-19(14)21-13(17)2/h5-11,23H,1-4H3,(H,22,24). The van der Waals surface area contributed by atoms with Crippen molar-refractivity contribution in [1.82, 2.24) is 4.98 Å². The molecule has 0 aliphatic heterocycles. The molecule has 0 fully saturated rings. The van der Waals surface area contributed by atoms with Gasteiger partial charge in [0.1, 0.15) is 5.75 Å². The highest BCUT2D eigenvalue weighted by Gasteiger charge is 2.14. The summed E-state index contributed by atoms with van der Waals surface area (Å²) in [5.74, 6) is 0.374. The average molecular weight is 399 g/mol. The Balaban J connectivity index is 1.91. The number of aryl methyl sites for hydroxylation is 2. The van der Waals surface area contributed by atoms with Crippen LogP contribution in [0.15, 0.2) is 42.5 Å². The predicted octanol–water partition coefficient (Wildman–Crippen LogP) is 3.48. The molecular weight excluding hydrogens is 378 g/mol. The zero-order chi connectivity index (χ0) is 20.5. The quantitative estimate of drug-likeness (QED) is 0.684. The van der Waals surface area contributed by atoms with E-state index in [0.29, 0.717) is 28.4 Å². The van der Waals surface area contributed by atoms with E-state index in [-0.39, 0.29) is 5.91 Å². The van der Waals surface area contributed by atoms with Crippen molar-refractivity contribution in [3.05, 3.63) is 59.3 Å². The van der Waals surface area contributed by atoms with Crippen LogP contribution in [0.2, 0.25) is 0 Å². The average Bonchev–Trinajstić information content (AvgIpc) is 2.62. The number of sulfonamides is 1. The van der Waals surface area contributed by atoms with Gasteiger partial charge in [-0.1, -0.05) is 6.07 Å². The lowest BCUT2D eigenvalue weighted by molar-refractivity contribution is 0.102. The molecule has 2 N–H and O–H groups in total. The van der Waals surface area contributed by atoms with Crippen LogP contribution in [0, 0.1) is 13.8 Å².